The number of halogens is 4. The van der Waals surface area contributed by atoms with Crippen molar-refractivity contribution in [1.29, 1.82) is 0 Å². The molecular weight excluding hydrogens is 584 g/mol. The Morgan fingerprint density at radius 1 is 0.654 bits per heavy atom. The van der Waals surface area contributed by atoms with Crippen molar-refractivity contribution in [2.75, 3.05) is 0 Å². The predicted octanol–water partition coefficient (Wildman–Crippen LogP) is 7.33. The fourth-order valence-electron chi connectivity index (χ4n) is 6.21. The van der Waals surface area contributed by atoms with Gasteiger partial charge < -0.3 is 0 Å². The monoisotopic (exact) mass is 604 g/mol. The van der Waals surface area contributed by atoms with E-state index in [4.69, 9.17) is 0 Å². The average Bonchev–Trinajstić information content (AvgIpc) is 3.30. The van der Waals surface area contributed by atoms with E-state index in [1.54, 1.807) is 0 Å². The molecule has 0 N–H and O–H groups in total. The third kappa shape index (κ3) is 2.67. The summed E-state index contributed by atoms with van der Waals surface area (Å²) in [6.07, 6.45) is 24.2. The Balaban J connectivity index is 0.000000115. The first kappa shape index (κ1) is 18.9. The highest BCUT2D eigenvalue weighted by molar-refractivity contribution is 9.13. The molecule has 4 heteroatoms. The van der Waals surface area contributed by atoms with Crippen LogP contribution < -0.4 is 0 Å². The summed E-state index contributed by atoms with van der Waals surface area (Å²) in [6, 6.07) is 0. The SMILES string of the molecule is Br[C@@H]1C[C@@H]2C=C[C@@]1(Br)[C@H]1CC=C[C@@H]21.Br[C@H]1C[C@H]2C=C[C@]1(Br)[C@@H]1CC=C[C@H]21. The average molecular weight is 608 g/mol. The number of hydrogen-bond donors (Lipinski definition) is 0. The zero-order valence-electron chi connectivity index (χ0n) is 14.6. The van der Waals surface area contributed by atoms with E-state index < -0.39 is 0 Å². The van der Waals surface area contributed by atoms with Crippen LogP contribution in [0.15, 0.2) is 48.6 Å². The molecule has 0 heterocycles. The van der Waals surface area contributed by atoms with Gasteiger partial charge in [-0.1, -0.05) is 112 Å². The zero-order chi connectivity index (χ0) is 18.1. The highest BCUT2D eigenvalue weighted by Crippen LogP contribution is 2.59. The molecule has 0 unspecified atom stereocenters. The quantitative estimate of drug-likeness (QED) is 0.200. The highest BCUT2D eigenvalue weighted by Gasteiger charge is 2.54. The molecule has 0 spiro atoms. The third-order valence-electron chi connectivity index (χ3n) is 7.67. The summed E-state index contributed by atoms with van der Waals surface area (Å²) >= 11 is 15.5. The number of allylic oxidation sites excluding steroid dienone is 8. The maximum absolute atomic E-state index is 3.93. The molecule has 26 heavy (non-hydrogen) atoms. The third-order valence-corrected chi connectivity index (χ3v) is 14.0. The lowest BCUT2D eigenvalue weighted by Gasteiger charge is -2.50. The van der Waals surface area contributed by atoms with Crippen molar-refractivity contribution in [2.45, 2.75) is 44.0 Å². The van der Waals surface area contributed by atoms with E-state index in [2.05, 4.69) is 112 Å². The van der Waals surface area contributed by atoms with Crippen LogP contribution in [-0.4, -0.2) is 18.3 Å². The molecule has 0 aromatic carbocycles. The van der Waals surface area contributed by atoms with Crippen LogP contribution in [0.3, 0.4) is 0 Å². The van der Waals surface area contributed by atoms with Gasteiger partial charge in [-0.25, -0.2) is 0 Å². The molecule has 2 saturated carbocycles. The first-order valence-corrected chi connectivity index (χ1v) is 13.2. The molecule has 10 atom stereocenters. The summed E-state index contributed by atoms with van der Waals surface area (Å²) in [5, 5.41) is 0. The first-order chi connectivity index (χ1) is 12.4. The minimum absolute atomic E-state index is 0.232. The Labute approximate surface area is 190 Å². The Morgan fingerprint density at radius 2 is 1.08 bits per heavy atom. The lowest BCUT2D eigenvalue weighted by molar-refractivity contribution is 0.210. The molecule has 2 fully saturated rings. The van der Waals surface area contributed by atoms with Gasteiger partial charge in [0, 0.05) is 9.65 Å². The summed E-state index contributed by atoms with van der Waals surface area (Å²) in [4.78, 5) is 1.24. The first-order valence-electron chi connectivity index (χ1n) is 9.81. The van der Waals surface area contributed by atoms with E-state index in [9.17, 15) is 0 Å². The smallest absolute Gasteiger partial charge is 0.0598 e. The fraction of sp³-hybridized carbons (Fsp3) is 0.636. The van der Waals surface area contributed by atoms with E-state index in [0.717, 1.165) is 35.5 Å². The maximum Gasteiger partial charge on any atom is 0.0598 e. The number of rotatable bonds is 0. The topological polar surface area (TPSA) is 0 Å². The molecule has 0 aliphatic heterocycles. The molecule has 0 aromatic heterocycles. The lowest BCUT2D eigenvalue weighted by Crippen LogP contribution is -2.50. The molecule has 0 saturated heterocycles. The molecule has 4 bridgehead atoms. The number of hydrogen-bond acceptors (Lipinski definition) is 0. The van der Waals surface area contributed by atoms with Gasteiger partial charge in [0.2, 0.25) is 0 Å². The van der Waals surface area contributed by atoms with Gasteiger partial charge in [0.1, 0.15) is 0 Å². The highest BCUT2D eigenvalue weighted by atomic mass is 79.9. The molecule has 0 aromatic rings. The van der Waals surface area contributed by atoms with Gasteiger partial charge in [-0.3, -0.25) is 0 Å². The van der Waals surface area contributed by atoms with Crippen molar-refractivity contribution < 1.29 is 0 Å². The van der Waals surface area contributed by atoms with Crippen molar-refractivity contribution in [2.24, 2.45) is 35.5 Å². The molecule has 8 aliphatic rings. The van der Waals surface area contributed by atoms with Crippen molar-refractivity contribution in [3.05, 3.63) is 48.6 Å². The van der Waals surface area contributed by atoms with Crippen LogP contribution in [0.5, 0.6) is 0 Å². The van der Waals surface area contributed by atoms with Crippen molar-refractivity contribution in [3.63, 3.8) is 0 Å². The second-order valence-electron chi connectivity index (χ2n) is 8.80. The molecular formula is C22H24Br4. The van der Waals surface area contributed by atoms with E-state index in [1.807, 2.05) is 0 Å². The van der Waals surface area contributed by atoms with Crippen LogP contribution in [0.25, 0.3) is 0 Å². The van der Waals surface area contributed by atoms with Crippen molar-refractivity contribution >= 4 is 63.7 Å². The summed E-state index contributed by atoms with van der Waals surface area (Å²) in [7, 11) is 0. The largest absolute Gasteiger partial charge is 0.0879 e. The van der Waals surface area contributed by atoms with Gasteiger partial charge >= 0.3 is 0 Å². The van der Waals surface area contributed by atoms with Gasteiger partial charge in [0.05, 0.1) is 8.65 Å². The summed E-state index contributed by atoms with van der Waals surface area (Å²) in [5.74, 6) is 4.76. The Bertz CT molecular complexity index is 649. The van der Waals surface area contributed by atoms with Crippen LogP contribution in [-0.2, 0) is 0 Å². The van der Waals surface area contributed by atoms with E-state index in [0.29, 0.717) is 9.65 Å². The normalized spacial score (nSPS) is 57.1. The van der Waals surface area contributed by atoms with Crippen molar-refractivity contribution in [3.8, 4) is 0 Å². The van der Waals surface area contributed by atoms with E-state index in [1.165, 1.54) is 25.7 Å². The molecule has 0 nitrogen and oxygen atoms in total. The second-order valence-corrected chi connectivity index (χ2v) is 13.8. The molecule has 0 amide bonds. The molecule has 0 radical (unpaired) electrons. The van der Waals surface area contributed by atoms with E-state index >= 15 is 0 Å². The molecule has 8 aliphatic carbocycles. The fourth-order valence-corrected chi connectivity index (χ4v) is 9.72. The van der Waals surface area contributed by atoms with E-state index in [-0.39, 0.29) is 8.65 Å². The summed E-state index contributed by atoms with van der Waals surface area (Å²) in [6.45, 7) is 0. The van der Waals surface area contributed by atoms with Crippen LogP contribution in [0.1, 0.15) is 25.7 Å². The van der Waals surface area contributed by atoms with Gasteiger partial charge in [-0.2, -0.15) is 0 Å². The van der Waals surface area contributed by atoms with Gasteiger partial charge in [-0.05, 0) is 61.2 Å². The Hall–Kier alpha value is 0.880. The Morgan fingerprint density at radius 3 is 1.46 bits per heavy atom. The van der Waals surface area contributed by atoms with Gasteiger partial charge in [0.25, 0.3) is 0 Å². The van der Waals surface area contributed by atoms with Gasteiger partial charge in [-0.15, -0.1) is 0 Å². The Kier molecular flexibility index (Phi) is 4.87. The standard InChI is InChI=1S/2C11H12Br2/c2*12-10-6-7-4-5-11(10,13)9-3-1-2-8(7)9/h2*1-2,4-5,7-10H,3,6H2/t2*7-,8-,9-,10+,11+/m10/s1. The number of alkyl halides is 4. The summed E-state index contributed by atoms with van der Waals surface area (Å²) < 4.78 is 0.464. The molecule has 140 valence electrons. The lowest BCUT2D eigenvalue weighted by atomic mass is 9.63. The van der Waals surface area contributed by atoms with Crippen LogP contribution >= 0.6 is 63.7 Å². The molecule has 8 rings (SSSR count). The predicted molar refractivity (Wildman–Crippen MR) is 125 cm³/mol. The van der Waals surface area contributed by atoms with Crippen LogP contribution in [0, 0.1) is 35.5 Å². The van der Waals surface area contributed by atoms with Crippen LogP contribution in [0.4, 0.5) is 0 Å². The second kappa shape index (κ2) is 6.71. The van der Waals surface area contributed by atoms with Gasteiger partial charge in [0.15, 0.2) is 0 Å². The number of fused-ring (bicyclic) bond motifs is 2. The zero-order valence-corrected chi connectivity index (χ0v) is 20.9. The minimum Gasteiger partial charge on any atom is -0.0879 e. The van der Waals surface area contributed by atoms with Crippen LogP contribution in [0.2, 0.25) is 0 Å². The minimum atomic E-state index is 0.232. The maximum atomic E-state index is 3.93. The summed E-state index contributed by atoms with van der Waals surface area (Å²) in [5.41, 5.74) is 0. The van der Waals surface area contributed by atoms with Crippen molar-refractivity contribution in [1.82, 2.24) is 0 Å².